The molecule has 0 saturated carbocycles. The second-order valence-corrected chi connectivity index (χ2v) is 3.15. The van der Waals surface area contributed by atoms with Crippen molar-refractivity contribution >= 4 is 0 Å². The Labute approximate surface area is 76.3 Å². The van der Waals surface area contributed by atoms with Crippen molar-refractivity contribution in [1.29, 1.82) is 0 Å². The molecule has 0 unspecified atom stereocenters. The van der Waals surface area contributed by atoms with Crippen LogP contribution in [0.2, 0.25) is 0 Å². The molecule has 0 aromatic heterocycles. The van der Waals surface area contributed by atoms with E-state index in [0.717, 1.165) is 6.07 Å². The summed E-state index contributed by atoms with van der Waals surface area (Å²) in [4.78, 5) is 0. The Bertz CT molecular complexity index is 308. The van der Waals surface area contributed by atoms with Crippen molar-refractivity contribution in [1.82, 2.24) is 0 Å². The zero-order valence-electron chi connectivity index (χ0n) is 7.90. The third kappa shape index (κ3) is 2.17. The van der Waals surface area contributed by atoms with Gasteiger partial charge >= 0.3 is 0 Å². The summed E-state index contributed by atoms with van der Waals surface area (Å²) in [6.45, 7) is 5.16. The van der Waals surface area contributed by atoms with Gasteiger partial charge in [-0.05, 0) is 32.9 Å². The van der Waals surface area contributed by atoms with Crippen LogP contribution in [0, 0.1) is 18.6 Å². The molecule has 1 aromatic rings. The lowest BCUT2D eigenvalue weighted by molar-refractivity contribution is 0.238. The molecular formula is C10H12F2O. The Balaban J connectivity index is 3.04. The number of benzene rings is 1. The molecule has 72 valence electrons. The van der Waals surface area contributed by atoms with Gasteiger partial charge in [0.15, 0.2) is 11.6 Å². The highest BCUT2D eigenvalue weighted by Gasteiger charge is 2.10. The van der Waals surface area contributed by atoms with Crippen LogP contribution in [0.5, 0.6) is 5.75 Å². The standard InChI is InChI=1S/C10H12F2O/c1-6(2)13-9-5-4-8(11)10(12)7(9)3/h4-6H,1-3H3. The summed E-state index contributed by atoms with van der Waals surface area (Å²) in [7, 11) is 0. The summed E-state index contributed by atoms with van der Waals surface area (Å²) < 4.78 is 30.9. The van der Waals surface area contributed by atoms with E-state index < -0.39 is 11.6 Å². The van der Waals surface area contributed by atoms with E-state index in [-0.39, 0.29) is 11.7 Å². The van der Waals surface area contributed by atoms with Gasteiger partial charge in [-0.2, -0.15) is 0 Å². The Morgan fingerprint density at radius 3 is 2.38 bits per heavy atom. The Morgan fingerprint density at radius 2 is 1.85 bits per heavy atom. The van der Waals surface area contributed by atoms with Crippen molar-refractivity contribution in [2.75, 3.05) is 0 Å². The highest BCUT2D eigenvalue weighted by atomic mass is 19.2. The molecule has 0 radical (unpaired) electrons. The molecule has 1 nitrogen and oxygen atoms in total. The second-order valence-electron chi connectivity index (χ2n) is 3.15. The van der Waals surface area contributed by atoms with Crippen molar-refractivity contribution in [3.05, 3.63) is 29.3 Å². The summed E-state index contributed by atoms with van der Waals surface area (Å²) in [6.07, 6.45) is -0.0384. The first kappa shape index (κ1) is 9.96. The molecular weight excluding hydrogens is 174 g/mol. The quantitative estimate of drug-likeness (QED) is 0.689. The smallest absolute Gasteiger partial charge is 0.165 e. The molecule has 0 spiro atoms. The lowest BCUT2D eigenvalue weighted by Gasteiger charge is -2.12. The number of hydrogen-bond acceptors (Lipinski definition) is 1. The predicted molar refractivity (Wildman–Crippen MR) is 46.9 cm³/mol. The maximum atomic E-state index is 13.0. The SMILES string of the molecule is Cc1c(OC(C)C)ccc(F)c1F. The fourth-order valence-electron chi connectivity index (χ4n) is 1.02. The van der Waals surface area contributed by atoms with Gasteiger partial charge in [0.05, 0.1) is 6.10 Å². The summed E-state index contributed by atoms with van der Waals surface area (Å²) in [5.41, 5.74) is 0.216. The number of halogens is 2. The molecule has 1 rings (SSSR count). The van der Waals surface area contributed by atoms with E-state index in [1.807, 2.05) is 13.8 Å². The first-order chi connectivity index (χ1) is 6.02. The minimum absolute atomic E-state index is 0.0384. The molecule has 13 heavy (non-hydrogen) atoms. The van der Waals surface area contributed by atoms with Crippen LogP contribution in [-0.2, 0) is 0 Å². The summed E-state index contributed by atoms with van der Waals surface area (Å²) in [5, 5.41) is 0. The van der Waals surface area contributed by atoms with E-state index in [0.29, 0.717) is 5.75 Å². The number of hydrogen-bond donors (Lipinski definition) is 0. The van der Waals surface area contributed by atoms with Crippen LogP contribution in [0.1, 0.15) is 19.4 Å². The molecule has 0 aliphatic rings. The van der Waals surface area contributed by atoms with Gasteiger partial charge in [0.25, 0.3) is 0 Å². The molecule has 1 aromatic carbocycles. The van der Waals surface area contributed by atoms with E-state index in [9.17, 15) is 8.78 Å². The van der Waals surface area contributed by atoms with Crippen LogP contribution in [-0.4, -0.2) is 6.10 Å². The molecule has 0 aliphatic heterocycles. The molecule has 0 heterocycles. The summed E-state index contributed by atoms with van der Waals surface area (Å²) >= 11 is 0. The normalized spacial score (nSPS) is 10.6. The fraction of sp³-hybridized carbons (Fsp3) is 0.400. The maximum Gasteiger partial charge on any atom is 0.165 e. The molecule has 0 saturated heterocycles. The summed E-state index contributed by atoms with van der Waals surface area (Å²) in [6, 6.07) is 2.51. The first-order valence-corrected chi connectivity index (χ1v) is 4.13. The van der Waals surface area contributed by atoms with Gasteiger partial charge in [-0.3, -0.25) is 0 Å². The van der Waals surface area contributed by atoms with Gasteiger partial charge in [0, 0.05) is 5.56 Å². The minimum atomic E-state index is -0.839. The Morgan fingerprint density at radius 1 is 1.23 bits per heavy atom. The van der Waals surface area contributed by atoms with Crippen LogP contribution >= 0.6 is 0 Å². The van der Waals surface area contributed by atoms with Gasteiger partial charge in [0.1, 0.15) is 5.75 Å². The van der Waals surface area contributed by atoms with Crippen molar-refractivity contribution in [2.45, 2.75) is 26.9 Å². The van der Waals surface area contributed by atoms with Crippen molar-refractivity contribution in [3.8, 4) is 5.75 Å². The zero-order chi connectivity index (χ0) is 10.0. The lowest BCUT2D eigenvalue weighted by atomic mass is 10.2. The average Bonchev–Trinajstić information content (AvgIpc) is 2.06. The molecule has 0 amide bonds. The highest BCUT2D eigenvalue weighted by Crippen LogP contribution is 2.23. The van der Waals surface area contributed by atoms with E-state index in [4.69, 9.17) is 4.74 Å². The van der Waals surface area contributed by atoms with E-state index >= 15 is 0 Å². The van der Waals surface area contributed by atoms with Gasteiger partial charge in [0.2, 0.25) is 0 Å². The molecule has 0 bridgehead atoms. The Hall–Kier alpha value is -1.12. The largest absolute Gasteiger partial charge is 0.491 e. The Kier molecular flexibility index (Phi) is 2.86. The fourth-order valence-corrected chi connectivity index (χ4v) is 1.02. The third-order valence-corrected chi connectivity index (χ3v) is 1.65. The van der Waals surface area contributed by atoms with Crippen LogP contribution in [0.25, 0.3) is 0 Å². The summed E-state index contributed by atoms with van der Waals surface area (Å²) in [5.74, 6) is -1.28. The molecule has 0 N–H and O–H groups in total. The molecule has 0 aliphatic carbocycles. The van der Waals surface area contributed by atoms with Crippen LogP contribution in [0.4, 0.5) is 8.78 Å². The zero-order valence-corrected chi connectivity index (χ0v) is 7.90. The van der Waals surface area contributed by atoms with Crippen molar-refractivity contribution in [3.63, 3.8) is 0 Å². The van der Waals surface area contributed by atoms with Gasteiger partial charge in [-0.15, -0.1) is 0 Å². The first-order valence-electron chi connectivity index (χ1n) is 4.13. The van der Waals surface area contributed by atoms with E-state index in [2.05, 4.69) is 0 Å². The van der Waals surface area contributed by atoms with E-state index in [1.54, 1.807) is 0 Å². The molecule has 3 heteroatoms. The number of ether oxygens (including phenoxy) is 1. The highest BCUT2D eigenvalue weighted by molar-refractivity contribution is 5.34. The van der Waals surface area contributed by atoms with Gasteiger partial charge < -0.3 is 4.74 Å². The van der Waals surface area contributed by atoms with Crippen molar-refractivity contribution in [2.24, 2.45) is 0 Å². The molecule has 0 atom stereocenters. The third-order valence-electron chi connectivity index (χ3n) is 1.65. The van der Waals surface area contributed by atoms with Crippen LogP contribution < -0.4 is 4.74 Å². The lowest BCUT2D eigenvalue weighted by Crippen LogP contribution is -2.07. The van der Waals surface area contributed by atoms with Gasteiger partial charge in [-0.25, -0.2) is 8.78 Å². The maximum absolute atomic E-state index is 13.0. The predicted octanol–water partition coefficient (Wildman–Crippen LogP) is 3.06. The van der Waals surface area contributed by atoms with E-state index in [1.165, 1.54) is 13.0 Å². The topological polar surface area (TPSA) is 9.23 Å². The molecule has 0 fully saturated rings. The second kappa shape index (κ2) is 3.73. The van der Waals surface area contributed by atoms with Crippen LogP contribution in [0.3, 0.4) is 0 Å². The van der Waals surface area contributed by atoms with Crippen LogP contribution in [0.15, 0.2) is 12.1 Å². The number of rotatable bonds is 2. The van der Waals surface area contributed by atoms with Gasteiger partial charge in [-0.1, -0.05) is 0 Å². The monoisotopic (exact) mass is 186 g/mol. The minimum Gasteiger partial charge on any atom is -0.491 e. The average molecular weight is 186 g/mol. The van der Waals surface area contributed by atoms with Crippen molar-refractivity contribution < 1.29 is 13.5 Å².